The van der Waals surface area contributed by atoms with Gasteiger partial charge in [0, 0.05) is 32.9 Å². The second kappa shape index (κ2) is 8.31. The van der Waals surface area contributed by atoms with Crippen LogP contribution in [0.15, 0.2) is 24.3 Å². The third kappa shape index (κ3) is 5.52. The minimum Gasteiger partial charge on any atom is -0.393 e. The summed E-state index contributed by atoms with van der Waals surface area (Å²) < 4.78 is 0. The first-order chi connectivity index (χ1) is 11.0. The first-order valence-corrected chi connectivity index (χ1v) is 8.39. The van der Waals surface area contributed by atoms with Gasteiger partial charge in [-0.2, -0.15) is 0 Å². The first-order valence-electron chi connectivity index (χ1n) is 8.39. The standard InChI is InChI=1S/C18H29N3O2/c1-14(22)16-5-4-10-21(12-16)13-18(23)19-11-15-6-8-17(9-7-15)20(2)3/h6-9,14,16,22H,4-5,10-13H2,1-3H3,(H,19,23). The Morgan fingerprint density at radius 2 is 2.09 bits per heavy atom. The monoisotopic (exact) mass is 319 g/mol. The van der Waals surface area contributed by atoms with E-state index in [0.29, 0.717) is 13.1 Å². The average Bonchev–Trinajstić information content (AvgIpc) is 2.53. The second-order valence-corrected chi connectivity index (χ2v) is 6.72. The molecular formula is C18H29N3O2. The van der Waals surface area contributed by atoms with Crippen molar-refractivity contribution in [1.29, 1.82) is 0 Å². The topological polar surface area (TPSA) is 55.8 Å². The van der Waals surface area contributed by atoms with E-state index in [9.17, 15) is 9.90 Å². The molecule has 1 saturated heterocycles. The Morgan fingerprint density at radius 1 is 1.39 bits per heavy atom. The van der Waals surface area contributed by atoms with E-state index in [-0.39, 0.29) is 17.9 Å². The normalized spacial score (nSPS) is 20.1. The average molecular weight is 319 g/mol. The molecule has 0 aromatic heterocycles. The van der Waals surface area contributed by atoms with Crippen LogP contribution in [0.25, 0.3) is 0 Å². The van der Waals surface area contributed by atoms with E-state index in [1.54, 1.807) is 0 Å². The van der Waals surface area contributed by atoms with E-state index in [2.05, 4.69) is 27.2 Å². The van der Waals surface area contributed by atoms with Gasteiger partial charge >= 0.3 is 0 Å². The molecule has 2 atom stereocenters. The van der Waals surface area contributed by atoms with Crippen molar-refractivity contribution in [3.63, 3.8) is 0 Å². The van der Waals surface area contributed by atoms with Gasteiger partial charge in [0.2, 0.25) is 5.91 Å². The predicted molar refractivity (Wildman–Crippen MR) is 93.5 cm³/mol. The maximum absolute atomic E-state index is 12.1. The number of nitrogens with zero attached hydrogens (tertiary/aromatic N) is 2. The predicted octanol–water partition coefficient (Wildman–Crippen LogP) is 1.46. The van der Waals surface area contributed by atoms with Crippen molar-refractivity contribution in [2.24, 2.45) is 5.92 Å². The number of aliphatic hydroxyl groups is 1. The highest BCUT2D eigenvalue weighted by Crippen LogP contribution is 2.19. The number of hydrogen-bond acceptors (Lipinski definition) is 4. The lowest BCUT2D eigenvalue weighted by atomic mass is 9.93. The lowest BCUT2D eigenvalue weighted by Gasteiger charge is -2.33. The third-order valence-electron chi connectivity index (χ3n) is 4.53. The Balaban J connectivity index is 1.76. The van der Waals surface area contributed by atoms with Crippen molar-refractivity contribution >= 4 is 11.6 Å². The number of amides is 1. The van der Waals surface area contributed by atoms with Gasteiger partial charge in [-0.1, -0.05) is 12.1 Å². The Hall–Kier alpha value is -1.59. The fourth-order valence-corrected chi connectivity index (χ4v) is 3.00. The lowest BCUT2D eigenvalue weighted by Crippen LogP contribution is -2.44. The fraction of sp³-hybridized carbons (Fsp3) is 0.611. The van der Waals surface area contributed by atoms with Gasteiger partial charge in [0.1, 0.15) is 0 Å². The highest BCUT2D eigenvalue weighted by molar-refractivity contribution is 5.78. The highest BCUT2D eigenvalue weighted by Gasteiger charge is 2.24. The Morgan fingerprint density at radius 3 is 2.70 bits per heavy atom. The molecule has 1 aromatic rings. The summed E-state index contributed by atoms with van der Waals surface area (Å²) in [5.74, 6) is 0.336. The van der Waals surface area contributed by atoms with Crippen molar-refractivity contribution in [1.82, 2.24) is 10.2 Å². The van der Waals surface area contributed by atoms with Crippen LogP contribution in [-0.2, 0) is 11.3 Å². The molecule has 0 spiro atoms. The summed E-state index contributed by atoms with van der Waals surface area (Å²) in [6, 6.07) is 8.19. The minimum atomic E-state index is -0.295. The number of anilines is 1. The van der Waals surface area contributed by atoms with E-state index in [4.69, 9.17) is 0 Å². The van der Waals surface area contributed by atoms with E-state index < -0.39 is 0 Å². The van der Waals surface area contributed by atoms with Gasteiger partial charge in [0.15, 0.2) is 0 Å². The van der Waals surface area contributed by atoms with Gasteiger partial charge in [-0.3, -0.25) is 9.69 Å². The Bertz CT molecular complexity index is 499. The number of carbonyl (C=O) groups is 1. The molecule has 2 N–H and O–H groups in total. The van der Waals surface area contributed by atoms with Crippen LogP contribution in [0.1, 0.15) is 25.3 Å². The number of piperidine rings is 1. The van der Waals surface area contributed by atoms with Crippen LogP contribution in [0.2, 0.25) is 0 Å². The highest BCUT2D eigenvalue weighted by atomic mass is 16.3. The fourth-order valence-electron chi connectivity index (χ4n) is 3.00. The van der Waals surface area contributed by atoms with Gasteiger partial charge in [0.25, 0.3) is 0 Å². The zero-order chi connectivity index (χ0) is 16.8. The SMILES string of the molecule is CC(O)C1CCCN(CC(=O)NCc2ccc(N(C)C)cc2)C1. The van der Waals surface area contributed by atoms with E-state index in [1.165, 1.54) is 0 Å². The summed E-state index contributed by atoms with van der Waals surface area (Å²) in [4.78, 5) is 16.3. The van der Waals surface area contributed by atoms with Gasteiger partial charge in [-0.25, -0.2) is 0 Å². The van der Waals surface area contributed by atoms with Gasteiger partial charge in [-0.05, 0) is 49.9 Å². The van der Waals surface area contributed by atoms with Crippen LogP contribution in [0, 0.1) is 5.92 Å². The smallest absolute Gasteiger partial charge is 0.234 e. The van der Waals surface area contributed by atoms with Crippen LogP contribution in [0.4, 0.5) is 5.69 Å². The number of aliphatic hydroxyl groups excluding tert-OH is 1. The maximum Gasteiger partial charge on any atom is 0.234 e. The van der Waals surface area contributed by atoms with Gasteiger partial charge in [0.05, 0.1) is 12.6 Å². The maximum atomic E-state index is 12.1. The zero-order valence-corrected chi connectivity index (χ0v) is 14.5. The number of likely N-dealkylation sites (tertiary alicyclic amines) is 1. The minimum absolute atomic E-state index is 0.0490. The molecule has 2 unspecified atom stereocenters. The summed E-state index contributed by atoms with van der Waals surface area (Å²) in [5, 5.41) is 12.7. The summed E-state index contributed by atoms with van der Waals surface area (Å²) in [7, 11) is 4.02. The quantitative estimate of drug-likeness (QED) is 0.833. The Labute approximate surface area is 139 Å². The molecule has 128 valence electrons. The van der Waals surface area contributed by atoms with E-state index in [1.807, 2.05) is 33.2 Å². The van der Waals surface area contributed by atoms with Gasteiger partial charge < -0.3 is 15.3 Å². The first kappa shape index (κ1) is 17.8. The number of rotatable bonds is 6. The van der Waals surface area contributed by atoms with Crippen molar-refractivity contribution < 1.29 is 9.90 Å². The number of nitrogens with one attached hydrogen (secondary N) is 1. The van der Waals surface area contributed by atoms with E-state index >= 15 is 0 Å². The lowest BCUT2D eigenvalue weighted by molar-refractivity contribution is -0.123. The molecule has 1 heterocycles. The van der Waals surface area contributed by atoms with Crippen molar-refractivity contribution in [2.45, 2.75) is 32.4 Å². The van der Waals surface area contributed by atoms with Crippen LogP contribution in [0.3, 0.4) is 0 Å². The molecule has 1 aliphatic heterocycles. The molecule has 5 heteroatoms. The van der Waals surface area contributed by atoms with Crippen LogP contribution >= 0.6 is 0 Å². The molecule has 1 fully saturated rings. The zero-order valence-electron chi connectivity index (χ0n) is 14.5. The van der Waals surface area contributed by atoms with Crippen molar-refractivity contribution in [2.75, 3.05) is 38.6 Å². The molecule has 1 aromatic carbocycles. The number of carbonyl (C=O) groups excluding carboxylic acids is 1. The van der Waals surface area contributed by atoms with Crippen LogP contribution in [0.5, 0.6) is 0 Å². The summed E-state index contributed by atoms with van der Waals surface area (Å²) in [6.07, 6.45) is 1.80. The van der Waals surface area contributed by atoms with Crippen molar-refractivity contribution in [3.05, 3.63) is 29.8 Å². The molecule has 0 radical (unpaired) electrons. The van der Waals surface area contributed by atoms with Crippen LogP contribution in [-0.4, -0.2) is 55.7 Å². The summed E-state index contributed by atoms with van der Waals surface area (Å²) >= 11 is 0. The van der Waals surface area contributed by atoms with Crippen molar-refractivity contribution in [3.8, 4) is 0 Å². The molecule has 5 nitrogen and oxygen atoms in total. The number of hydrogen-bond donors (Lipinski definition) is 2. The number of benzene rings is 1. The largest absolute Gasteiger partial charge is 0.393 e. The summed E-state index contributed by atoms with van der Waals surface area (Å²) in [5.41, 5.74) is 2.25. The molecule has 0 bridgehead atoms. The van der Waals surface area contributed by atoms with Gasteiger partial charge in [-0.15, -0.1) is 0 Å². The molecule has 1 amide bonds. The second-order valence-electron chi connectivity index (χ2n) is 6.72. The van der Waals surface area contributed by atoms with Crippen LogP contribution < -0.4 is 10.2 Å². The molecule has 0 aliphatic carbocycles. The molecule has 0 saturated carbocycles. The Kier molecular flexibility index (Phi) is 6.42. The summed E-state index contributed by atoms with van der Waals surface area (Å²) in [6.45, 7) is 4.56. The van der Waals surface area contributed by atoms with E-state index in [0.717, 1.165) is 37.2 Å². The molecule has 23 heavy (non-hydrogen) atoms. The molecule has 2 rings (SSSR count). The molecule has 1 aliphatic rings. The molecular weight excluding hydrogens is 290 g/mol. The third-order valence-corrected chi connectivity index (χ3v) is 4.53.